The lowest BCUT2D eigenvalue weighted by atomic mass is 10.1. The first-order valence-electron chi connectivity index (χ1n) is 12.9. The van der Waals surface area contributed by atoms with Crippen molar-refractivity contribution in [2.45, 2.75) is 149 Å². The summed E-state index contributed by atoms with van der Waals surface area (Å²) in [5.74, 6) is 1.59. The van der Waals surface area contributed by atoms with E-state index in [1.807, 2.05) is 0 Å². The third-order valence-electron chi connectivity index (χ3n) is 6.10. The van der Waals surface area contributed by atoms with E-state index in [9.17, 15) is 0 Å². The maximum atomic E-state index is 2.58. The molecule has 0 aliphatic rings. The normalized spacial score (nSPS) is 11.4. The number of aryl methyl sites for hydroxylation is 2. The van der Waals surface area contributed by atoms with E-state index in [0.29, 0.717) is 0 Å². The summed E-state index contributed by atoms with van der Waals surface area (Å²) in [4.78, 5) is 0. The van der Waals surface area contributed by atoms with Crippen molar-refractivity contribution in [2.75, 3.05) is 0 Å². The van der Waals surface area contributed by atoms with E-state index < -0.39 is 0 Å². The number of hydrogen-bond acceptors (Lipinski definition) is 0. The maximum Gasteiger partial charge on any atom is 0.256 e. The van der Waals surface area contributed by atoms with Gasteiger partial charge in [-0.2, -0.15) is 0 Å². The Morgan fingerprint density at radius 1 is 0.607 bits per heavy atom. The first kappa shape index (κ1) is 25.2. The molecule has 2 nitrogen and oxygen atoms in total. The fourth-order valence-electron chi connectivity index (χ4n) is 4.20. The van der Waals surface area contributed by atoms with Crippen LogP contribution in [0.15, 0.2) is 12.4 Å². The molecule has 0 aliphatic heterocycles. The fraction of sp³-hybridized carbons (Fsp3) is 0.885. The largest absolute Gasteiger partial charge is 0.256 e. The van der Waals surface area contributed by atoms with E-state index in [1.165, 1.54) is 129 Å². The number of imidazole rings is 1. The Morgan fingerprint density at radius 3 is 1.71 bits per heavy atom. The zero-order chi connectivity index (χ0) is 20.3. The third kappa shape index (κ3) is 11.9. The Morgan fingerprint density at radius 2 is 1.11 bits per heavy atom. The number of unbranched alkanes of at least 4 members (excludes halogenated alkanes) is 14. The van der Waals surface area contributed by atoms with Crippen molar-refractivity contribution in [3.63, 3.8) is 0 Å². The van der Waals surface area contributed by atoms with E-state index in [-0.39, 0.29) is 0 Å². The second-order valence-corrected chi connectivity index (χ2v) is 8.80. The summed E-state index contributed by atoms with van der Waals surface area (Å²) in [7, 11) is 0. The van der Waals surface area contributed by atoms with E-state index in [2.05, 4.69) is 42.3 Å². The van der Waals surface area contributed by atoms with Crippen molar-refractivity contribution in [3.05, 3.63) is 18.2 Å². The molecule has 1 aromatic heterocycles. The van der Waals surface area contributed by atoms with Gasteiger partial charge in [-0.25, -0.2) is 9.13 Å². The molecule has 0 spiro atoms. The highest BCUT2D eigenvalue weighted by Gasteiger charge is 2.16. The SMILES string of the molecule is CCCCCCCCCCn1cc[n+](CCCCC)c1CCCCCCCC. The van der Waals surface area contributed by atoms with Gasteiger partial charge in [0.2, 0.25) is 0 Å². The predicted molar refractivity (Wildman–Crippen MR) is 124 cm³/mol. The number of aromatic nitrogens is 2. The first-order chi connectivity index (χ1) is 13.8. The monoisotopic (exact) mass is 391 g/mol. The van der Waals surface area contributed by atoms with Gasteiger partial charge in [-0.3, -0.25) is 0 Å². The molecule has 1 aromatic rings. The summed E-state index contributed by atoms with van der Waals surface area (Å²) in [5, 5.41) is 0. The molecule has 0 radical (unpaired) electrons. The third-order valence-corrected chi connectivity index (χ3v) is 6.10. The first-order valence-corrected chi connectivity index (χ1v) is 12.9. The Balaban J connectivity index is 2.37. The van der Waals surface area contributed by atoms with Gasteiger partial charge >= 0.3 is 0 Å². The molecule has 0 aliphatic carbocycles. The van der Waals surface area contributed by atoms with Gasteiger partial charge in [0.1, 0.15) is 12.4 Å². The van der Waals surface area contributed by atoms with Crippen LogP contribution in [0.5, 0.6) is 0 Å². The zero-order valence-electron chi connectivity index (χ0n) is 19.7. The molecule has 0 fully saturated rings. The number of rotatable bonds is 20. The Kier molecular flexibility index (Phi) is 16.5. The van der Waals surface area contributed by atoms with Crippen molar-refractivity contribution in [2.24, 2.45) is 0 Å². The summed E-state index contributed by atoms with van der Waals surface area (Å²) in [6.07, 6.45) is 29.6. The second-order valence-electron chi connectivity index (χ2n) is 8.80. The highest BCUT2D eigenvalue weighted by atomic mass is 15.1. The van der Waals surface area contributed by atoms with Crippen LogP contribution >= 0.6 is 0 Å². The average Bonchev–Trinajstić information content (AvgIpc) is 3.08. The van der Waals surface area contributed by atoms with E-state index >= 15 is 0 Å². The van der Waals surface area contributed by atoms with Crippen molar-refractivity contribution in [1.82, 2.24) is 4.57 Å². The molecular weight excluding hydrogens is 340 g/mol. The highest BCUT2D eigenvalue weighted by Crippen LogP contribution is 2.12. The van der Waals surface area contributed by atoms with Crippen molar-refractivity contribution in [1.29, 1.82) is 0 Å². The molecule has 0 unspecified atom stereocenters. The lowest BCUT2D eigenvalue weighted by Gasteiger charge is -2.06. The molecular formula is C26H51N2+. The number of hydrogen-bond donors (Lipinski definition) is 0. The fourth-order valence-corrected chi connectivity index (χ4v) is 4.20. The maximum absolute atomic E-state index is 2.58. The summed E-state index contributed by atoms with van der Waals surface area (Å²) in [6.45, 7) is 9.34. The molecule has 0 bridgehead atoms. The smallest absolute Gasteiger partial charge is 0.234 e. The van der Waals surface area contributed by atoms with Gasteiger partial charge < -0.3 is 0 Å². The predicted octanol–water partition coefficient (Wildman–Crippen LogP) is 8.01. The summed E-state index contributed by atoms with van der Waals surface area (Å²) >= 11 is 0. The molecule has 28 heavy (non-hydrogen) atoms. The highest BCUT2D eigenvalue weighted by molar-refractivity contribution is 4.84. The van der Waals surface area contributed by atoms with Crippen LogP contribution in [0.25, 0.3) is 0 Å². The topological polar surface area (TPSA) is 8.81 Å². The van der Waals surface area contributed by atoms with Gasteiger partial charge in [0.25, 0.3) is 5.82 Å². The minimum absolute atomic E-state index is 1.21. The van der Waals surface area contributed by atoms with E-state index in [1.54, 1.807) is 5.82 Å². The van der Waals surface area contributed by atoms with Gasteiger partial charge in [0, 0.05) is 6.42 Å². The molecule has 0 amide bonds. The van der Waals surface area contributed by atoms with Gasteiger partial charge in [-0.15, -0.1) is 0 Å². The van der Waals surface area contributed by atoms with Crippen molar-refractivity contribution in [3.8, 4) is 0 Å². The lowest BCUT2D eigenvalue weighted by molar-refractivity contribution is -0.704. The van der Waals surface area contributed by atoms with Crippen LogP contribution < -0.4 is 4.57 Å². The molecule has 0 aromatic carbocycles. The van der Waals surface area contributed by atoms with Gasteiger partial charge in [-0.1, -0.05) is 97.8 Å². The minimum Gasteiger partial charge on any atom is -0.234 e. The van der Waals surface area contributed by atoms with Crippen LogP contribution in [0.1, 0.15) is 136 Å². The molecule has 0 saturated carbocycles. The molecule has 0 saturated heterocycles. The number of nitrogens with zero attached hydrogens (tertiary/aromatic N) is 2. The second kappa shape index (κ2) is 18.3. The zero-order valence-corrected chi connectivity index (χ0v) is 19.7. The summed E-state index contributed by atoms with van der Waals surface area (Å²) < 4.78 is 5.14. The molecule has 164 valence electrons. The van der Waals surface area contributed by atoms with Crippen LogP contribution in [-0.4, -0.2) is 4.57 Å². The van der Waals surface area contributed by atoms with Crippen LogP contribution in [0, 0.1) is 0 Å². The van der Waals surface area contributed by atoms with Gasteiger partial charge in [0.05, 0.1) is 13.1 Å². The van der Waals surface area contributed by atoms with Crippen molar-refractivity contribution >= 4 is 0 Å². The van der Waals surface area contributed by atoms with E-state index in [4.69, 9.17) is 0 Å². The van der Waals surface area contributed by atoms with Crippen LogP contribution in [-0.2, 0) is 19.5 Å². The quantitative estimate of drug-likeness (QED) is 0.157. The van der Waals surface area contributed by atoms with Crippen LogP contribution in [0.4, 0.5) is 0 Å². The molecule has 0 atom stereocenters. The van der Waals surface area contributed by atoms with Crippen molar-refractivity contribution < 1.29 is 4.57 Å². The van der Waals surface area contributed by atoms with Crippen LogP contribution in [0.2, 0.25) is 0 Å². The molecule has 2 heteroatoms. The summed E-state index contributed by atoms with van der Waals surface area (Å²) in [6, 6.07) is 0. The summed E-state index contributed by atoms with van der Waals surface area (Å²) in [5.41, 5.74) is 0. The minimum atomic E-state index is 1.21. The Bertz CT molecular complexity index is 449. The van der Waals surface area contributed by atoms with Crippen LogP contribution in [0.3, 0.4) is 0 Å². The van der Waals surface area contributed by atoms with E-state index in [0.717, 1.165) is 0 Å². The molecule has 0 N–H and O–H groups in total. The Labute approximate surface area is 177 Å². The molecule has 1 heterocycles. The standard InChI is InChI=1S/C26H51N2/c1-4-7-10-12-14-15-17-20-23-28-25-24-27(22-19-9-6-3)26(28)21-18-16-13-11-8-5-2/h24-25H,4-23H2,1-3H3/q+1. The Hall–Kier alpha value is -0.790. The molecule has 1 rings (SSSR count). The van der Waals surface area contributed by atoms with Gasteiger partial charge in [0.15, 0.2) is 0 Å². The van der Waals surface area contributed by atoms with Gasteiger partial charge in [-0.05, 0) is 32.1 Å². The average molecular weight is 392 g/mol. The lowest BCUT2D eigenvalue weighted by Crippen LogP contribution is -2.37.